The number of benzene rings is 1. The van der Waals surface area contributed by atoms with E-state index in [9.17, 15) is 0 Å². The summed E-state index contributed by atoms with van der Waals surface area (Å²) in [5.41, 5.74) is 9.24. The Morgan fingerprint density at radius 2 is 2.00 bits per heavy atom. The van der Waals surface area contributed by atoms with Crippen molar-refractivity contribution in [1.29, 1.82) is 0 Å². The molecule has 0 saturated heterocycles. The van der Waals surface area contributed by atoms with Crippen LogP contribution in [-0.4, -0.2) is 5.25 Å². The zero-order chi connectivity index (χ0) is 11.9. The van der Waals surface area contributed by atoms with Crippen LogP contribution in [0.5, 0.6) is 0 Å². The van der Waals surface area contributed by atoms with E-state index in [1.54, 1.807) is 0 Å². The van der Waals surface area contributed by atoms with E-state index in [2.05, 4.69) is 45.9 Å². The molecule has 0 fully saturated rings. The Morgan fingerprint density at radius 1 is 1.31 bits per heavy atom. The number of rotatable bonds is 1. The van der Waals surface area contributed by atoms with Crippen LogP contribution in [0.3, 0.4) is 0 Å². The van der Waals surface area contributed by atoms with Gasteiger partial charge < -0.3 is 5.73 Å². The molecule has 2 heteroatoms. The quantitative estimate of drug-likeness (QED) is 0.799. The molecule has 1 aromatic rings. The highest BCUT2D eigenvalue weighted by Gasteiger charge is 2.30. The third-order valence-corrected chi connectivity index (χ3v) is 4.87. The van der Waals surface area contributed by atoms with Gasteiger partial charge in [0.1, 0.15) is 0 Å². The molecule has 2 rings (SSSR count). The first-order valence-corrected chi connectivity index (χ1v) is 6.88. The highest BCUT2D eigenvalue weighted by molar-refractivity contribution is 8.00. The summed E-state index contributed by atoms with van der Waals surface area (Å²) in [7, 11) is 0. The maximum atomic E-state index is 6.29. The molecule has 0 amide bonds. The Kier molecular flexibility index (Phi) is 3.06. The lowest BCUT2D eigenvalue weighted by Crippen LogP contribution is -2.19. The summed E-state index contributed by atoms with van der Waals surface area (Å²) in [6, 6.07) is 7.02. The Bertz CT molecular complexity index is 392. The lowest BCUT2D eigenvalue weighted by molar-refractivity contribution is 0.585. The monoisotopic (exact) mass is 235 g/mol. The number of hydrogen-bond donors (Lipinski definition) is 1. The molecule has 1 nitrogen and oxygen atoms in total. The summed E-state index contributed by atoms with van der Waals surface area (Å²) in [6.07, 6.45) is 1.14. The number of hydrogen-bond acceptors (Lipinski definition) is 2. The predicted octanol–water partition coefficient (Wildman–Crippen LogP) is 3.87. The van der Waals surface area contributed by atoms with Gasteiger partial charge in [0.15, 0.2) is 0 Å². The van der Waals surface area contributed by atoms with Crippen LogP contribution in [0.25, 0.3) is 0 Å². The van der Waals surface area contributed by atoms with E-state index >= 15 is 0 Å². The number of fused-ring (bicyclic) bond motifs is 1. The van der Waals surface area contributed by atoms with Gasteiger partial charge in [0, 0.05) is 16.2 Å². The maximum absolute atomic E-state index is 6.29. The largest absolute Gasteiger partial charge is 0.323 e. The fourth-order valence-electron chi connectivity index (χ4n) is 2.16. The molecule has 1 heterocycles. The van der Waals surface area contributed by atoms with Gasteiger partial charge in [0.2, 0.25) is 0 Å². The van der Waals surface area contributed by atoms with Crippen LogP contribution in [0.1, 0.15) is 51.3 Å². The third-order valence-electron chi connectivity index (χ3n) is 3.32. The zero-order valence-electron chi connectivity index (χ0n) is 10.6. The van der Waals surface area contributed by atoms with Gasteiger partial charge in [0.05, 0.1) is 0 Å². The topological polar surface area (TPSA) is 26.0 Å². The second-order valence-electron chi connectivity index (χ2n) is 5.59. The zero-order valence-corrected chi connectivity index (χ0v) is 11.4. The molecule has 2 N–H and O–H groups in total. The van der Waals surface area contributed by atoms with Crippen molar-refractivity contribution < 1.29 is 0 Å². The first-order chi connectivity index (χ1) is 7.43. The minimum absolute atomic E-state index is 0.212. The molecule has 0 saturated carbocycles. The molecule has 2 atom stereocenters. The Hall–Kier alpha value is -0.470. The summed E-state index contributed by atoms with van der Waals surface area (Å²) >= 11 is 1.94. The number of thioether (sulfide) groups is 1. The molecular formula is C14H21NS. The van der Waals surface area contributed by atoms with E-state index in [1.807, 2.05) is 11.8 Å². The van der Waals surface area contributed by atoms with Gasteiger partial charge in [-0.2, -0.15) is 0 Å². The second kappa shape index (κ2) is 4.08. The van der Waals surface area contributed by atoms with Crippen molar-refractivity contribution in [2.45, 2.75) is 55.7 Å². The molecular weight excluding hydrogens is 214 g/mol. The van der Waals surface area contributed by atoms with E-state index in [-0.39, 0.29) is 11.5 Å². The summed E-state index contributed by atoms with van der Waals surface area (Å²) in [6.45, 7) is 8.97. The van der Waals surface area contributed by atoms with Crippen molar-refractivity contribution in [2.75, 3.05) is 0 Å². The van der Waals surface area contributed by atoms with Crippen molar-refractivity contribution in [3.8, 4) is 0 Å². The van der Waals surface area contributed by atoms with E-state index in [1.165, 1.54) is 16.0 Å². The Labute approximate surface area is 103 Å². The van der Waals surface area contributed by atoms with Crippen LogP contribution < -0.4 is 5.73 Å². The van der Waals surface area contributed by atoms with E-state index < -0.39 is 0 Å². The SMILES string of the molecule is CCC1Sc2ccc(C(C)(C)C)cc2C1N. The van der Waals surface area contributed by atoms with E-state index in [0.717, 1.165) is 6.42 Å². The van der Waals surface area contributed by atoms with Gasteiger partial charge in [-0.1, -0.05) is 39.8 Å². The average molecular weight is 235 g/mol. The van der Waals surface area contributed by atoms with Crippen molar-refractivity contribution in [1.82, 2.24) is 0 Å². The summed E-state index contributed by atoms with van der Waals surface area (Å²) < 4.78 is 0. The molecule has 0 spiro atoms. The third kappa shape index (κ3) is 2.01. The smallest absolute Gasteiger partial charge is 0.0430 e. The molecule has 2 unspecified atom stereocenters. The highest BCUT2D eigenvalue weighted by atomic mass is 32.2. The van der Waals surface area contributed by atoms with Gasteiger partial charge in [0.25, 0.3) is 0 Å². The molecule has 0 radical (unpaired) electrons. The van der Waals surface area contributed by atoms with Crippen molar-refractivity contribution in [2.24, 2.45) is 5.73 Å². The minimum Gasteiger partial charge on any atom is -0.323 e. The highest BCUT2D eigenvalue weighted by Crippen LogP contribution is 2.45. The molecule has 1 aliphatic heterocycles. The fourth-order valence-corrected chi connectivity index (χ4v) is 3.42. The molecule has 16 heavy (non-hydrogen) atoms. The molecule has 1 aromatic carbocycles. The predicted molar refractivity (Wildman–Crippen MR) is 72.0 cm³/mol. The summed E-state index contributed by atoms with van der Waals surface area (Å²) in [5, 5.41) is 0.560. The number of nitrogens with two attached hydrogens (primary N) is 1. The van der Waals surface area contributed by atoms with Gasteiger partial charge in [-0.25, -0.2) is 0 Å². The van der Waals surface area contributed by atoms with Gasteiger partial charge in [-0.15, -0.1) is 11.8 Å². The lowest BCUT2D eigenvalue weighted by Gasteiger charge is -2.20. The van der Waals surface area contributed by atoms with Crippen LogP contribution in [0.15, 0.2) is 23.1 Å². The average Bonchev–Trinajstić information content (AvgIpc) is 2.54. The van der Waals surface area contributed by atoms with E-state index in [0.29, 0.717) is 5.25 Å². The van der Waals surface area contributed by atoms with Crippen LogP contribution in [0.2, 0.25) is 0 Å². The van der Waals surface area contributed by atoms with Crippen molar-refractivity contribution in [3.63, 3.8) is 0 Å². The van der Waals surface area contributed by atoms with Crippen LogP contribution in [-0.2, 0) is 5.41 Å². The van der Waals surface area contributed by atoms with Crippen LogP contribution in [0, 0.1) is 0 Å². The second-order valence-corrected chi connectivity index (χ2v) is 6.87. The minimum atomic E-state index is 0.212. The first-order valence-electron chi connectivity index (χ1n) is 6.00. The van der Waals surface area contributed by atoms with Gasteiger partial charge >= 0.3 is 0 Å². The van der Waals surface area contributed by atoms with Crippen molar-refractivity contribution in [3.05, 3.63) is 29.3 Å². The molecule has 0 aromatic heterocycles. The van der Waals surface area contributed by atoms with E-state index in [4.69, 9.17) is 5.73 Å². The van der Waals surface area contributed by atoms with Gasteiger partial charge in [-0.05, 0) is 29.0 Å². The normalized spacial score (nSPS) is 24.6. The fraction of sp³-hybridized carbons (Fsp3) is 0.571. The van der Waals surface area contributed by atoms with Gasteiger partial charge in [-0.3, -0.25) is 0 Å². The summed E-state index contributed by atoms with van der Waals surface area (Å²) in [5.74, 6) is 0. The first kappa shape index (κ1) is 12.0. The molecule has 88 valence electrons. The standard InChI is InChI=1S/C14H21NS/c1-5-11-13(15)10-8-9(14(2,3)4)6-7-12(10)16-11/h6-8,11,13H,5,15H2,1-4H3. The molecule has 1 aliphatic rings. The Morgan fingerprint density at radius 3 is 2.56 bits per heavy atom. The van der Waals surface area contributed by atoms with Crippen molar-refractivity contribution >= 4 is 11.8 Å². The molecule has 0 bridgehead atoms. The lowest BCUT2D eigenvalue weighted by atomic mass is 9.85. The van der Waals surface area contributed by atoms with Crippen LogP contribution >= 0.6 is 11.8 Å². The molecule has 0 aliphatic carbocycles. The summed E-state index contributed by atoms with van der Waals surface area (Å²) in [4.78, 5) is 1.38. The maximum Gasteiger partial charge on any atom is 0.0430 e. The Balaban J connectivity index is 2.39. The van der Waals surface area contributed by atoms with Crippen LogP contribution in [0.4, 0.5) is 0 Å².